The van der Waals surface area contributed by atoms with Crippen LogP contribution in [-0.4, -0.2) is 24.1 Å². The lowest BCUT2D eigenvalue weighted by Gasteiger charge is -2.05. The van der Waals surface area contributed by atoms with Gasteiger partial charge in [0, 0.05) is 0 Å². The van der Waals surface area contributed by atoms with Gasteiger partial charge < -0.3 is 9.47 Å². The van der Waals surface area contributed by atoms with Crippen LogP contribution in [0.25, 0.3) is 0 Å². The molecule has 2 rings (SSSR count). The maximum Gasteiger partial charge on any atom is 0.278 e. The third-order valence-corrected chi connectivity index (χ3v) is 5.31. The molecule has 0 aliphatic carbocycles. The molecule has 8 nitrogen and oxygen atoms in total. The summed E-state index contributed by atoms with van der Waals surface area (Å²) in [4.78, 5) is 20.5. The van der Waals surface area contributed by atoms with E-state index in [1.807, 2.05) is 0 Å². The predicted octanol–water partition coefficient (Wildman–Crippen LogP) is 6.78. The Morgan fingerprint density at radius 2 is 1.07 bits per heavy atom. The molecule has 0 unspecified atom stereocenters. The Balaban J connectivity index is 0.000000280. The maximum atomic E-state index is 10.7. The van der Waals surface area contributed by atoms with E-state index in [1.54, 1.807) is 24.3 Å². The van der Waals surface area contributed by atoms with E-state index in [-0.39, 0.29) is 18.8 Å². The highest BCUT2D eigenvalue weighted by Gasteiger charge is 2.19. The number of hydrogen-bond acceptors (Lipinski definition) is 6. The first kappa shape index (κ1) is 24.8. The number of alkyl halides is 4. The van der Waals surface area contributed by atoms with Crippen molar-refractivity contribution in [2.75, 3.05) is 14.2 Å². The zero-order valence-electron chi connectivity index (χ0n) is 14.5. The summed E-state index contributed by atoms with van der Waals surface area (Å²) < 4.78 is 9.34. The summed E-state index contributed by atoms with van der Waals surface area (Å²) in [6.45, 7) is 0. The number of methoxy groups -OCH3 is 2. The molecule has 152 valence electrons. The second-order valence-corrected chi connectivity index (χ2v) is 11.1. The van der Waals surface area contributed by atoms with Crippen LogP contribution in [-0.2, 0) is 0 Å². The number of nitro groups is 2. The lowest BCUT2D eigenvalue weighted by atomic mass is 10.2. The Hall–Kier alpha value is -1.24. The van der Waals surface area contributed by atoms with Crippen LogP contribution >= 0.6 is 63.7 Å². The summed E-state index contributed by atoms with van der Waals surface area (Å²) in [6.07, 6.45) is 0. The second-order valence-electron chi connectivity index (χ2n) is 4.97. The fraction of sp³-hybridized carbons (Fsp3) is 0.250. The number of nitrogens with zero attached hydrogens (tertiary/aromatic N) is 2. The van der Waals surface area contributed by atoms with Crippen molar-refractivity contribution in [2.24, 2.45) is 0 Å². The van der Waals surface area contributed by atoms with Crippen LogP contribution in [0.15, 0.2) is 36.4 Å². The molecule has 0 aliphatic rings. The van der Waals surface area contributed by atoms with Crippen LogP contribution in [0.5, 0.6) is 11.5 Å². The minimum Gasteiger partial charge on any atom is -0.497 e. The molecule has 0 fully saturated rings. The zero-order valence-corrected chi connectivity index (χ0v) is 20.8. The van der Waals surface area contributed by atoms with Crippen molar-refractivity contribution < 1.29 is 19.3 Å². The fourth-order valence-corrected chi connectivity index (χ4v) is 3.53. The molecule has 0 aliphatic heterocycles. The van der Waals surface area contributed by atoms with Gasteiger partial charge in [0.15, 0.2) is 0 Å². The first-order valence-electron chi connectivity index (χ1n) is 7.33. The van der Waals surface area contributed by atoms with Crippen LogP contribution in [0, 0.1) is 20.2 Å². The molecule has 0 saturated carbocycles. The van der Waals surface area contributed by atoms with Crippen molar-refractivity contribution in [3.05, 3.63) is 67.8 Å². The molecule has 2 aromatic carbocycles. The van der Waals surface area contributed by atoms with E-state index >= 15 is 0 Å². The third kappa shape index (κ3) is 6.98. The SMILES string of the molecule is COc1ccc(C(Br)Br)c([N+](=O)[O-])c1.COc1ccc(C(Br)Br)c([N+](=O)[O-])c1. The number of nitro benzene ring substituents is 2. The lowest BCUT2D eigenvalue weighted by Crippen LogP contribution is -1.95. The second kappa shape index (κ2) is 11.7. The van der Waals surface area contributed by atoms with Crippen molar-refractivity contribution in [3.63, 3.8) is 0 Å². The van der Waals surface area contributed by atoms with Crippen molar-refractivity contribution in [3.8, 4) is 11.5 Å². The minimum atomic E-state index is -0.437. The molecule has 0 heterocycles. The van der Waals surface area contributed by atoms with Crippen LogP contribution in [0.3, 0.4) is 0 Å². The predicted molar refractivity (Wildman–Crippen MR) is 120 cm³/mol. The highest BCUT2D eigenvalue weighted by atomic mass is 79.9. The van der Waals surface area contributed by atoms with Crippen molar-refractivity contribution in [1.82, 2.24) is 0 Å². The van der Waals surface area contributed by atoms with Crippen LogP contribution in [0.2, 0.25) is 0 Å². The molecule has 0 radical (unpaired) electrons. The summed E-state index contributed by atoms with van der Waals surface area (Å²) in [5.74, 6) is 0.946. The van der Waals surface area contributed by atoms with Gasteiger partial charge in [-0.05, 0) is 24.3 Å². The quantitative estimate of drug-likeness (QED) is 0.194. The van der Waals surface area contributed by atoms with Gasteiger partial charge in [0.25, 0.3) is 11.4 Å². The standard InChI is InChI=1S/2C8H7Br2NO3/c2*1-14-5-2-3-6(8(9)10)7(4-5)11(12)13/h2*2-4,8H,1H3. The molecule has 0 aromatic heterocycles. The van der Waals surface area contributed by atoms with Gasteiger partial charge in [-0.1, -0.05) is 63.7 Å². The van der Waals surface area contributed by atoms with E-state index in [0.717, 1.165) is 0 Å². The molecule has 0 saturated heterocycles. The maximum absolute atomic E-state index is 10.7. The topological polar surface area (TPSA) is 105 Å². The lowest BCUT2D eigenvalue weighted by molar-refractivity contribution is -0.385. The van der Waals surface area contributed by atoms with Gasteiger partial charge in [-0.15, -0.1) is 0 Å². The summed E-state index contributed by atoms with van der Waals surface area (Å²) in [6, 6.07) is 9.43. The van der Waals surface area contributed by atoms with Gasteiger partial charge in [-0.25, -0.2) is 0 Å². The van der Waals surface area contributed by atoms with E-state index in [1.165, 1.54) is 26.4 Å². The highest BCUT2D eigenvalue weighted by Crippen LogP contribution is 2.38. The highest BCUT2D eigenvalue weighted by molar-refractivity contribution is 9.24. The number of hydrogen-bond donors (Lipinski definition) is 0. The van der Waals surface area contributed by atoms with Crippen LogP contribution in [0.4, 0.5) is 11.4 Å². The van der Waals surface area contributed by atoms with Gasteiger partial charge in [-0.2, -0.15) is 0 Å². The largest absolute Gasteiger partial charge is 0.497 e. The Kier molecular flexibility index (Phi) is 10.4. The van der Waals surface area contributed by atoms with Gasteiger partial charge in [0.05, 0.1) is 47.3 Å². The summed E-state index contributed by atoms with van der Waals surface area (Å²) in [7, 11) is 2.94. The molecule has 0 N–H and O–H groups in total. The number of ether oxygens (including phenoxy) is 2. The van der Waals surface area contributed by atoms with E-state index in [2.05, 4.69) is 63.7 Å². The van der Waals surface area contributed by atoms with Gasteiger partial charge >= 0.3 is 0 Å². The first-order chi connectivity index (χ1) is 13.1. The molecule has 0 bridgehead atoms. The Morgan fingerprint density at radius 3 is 1.29 bits per heavy atom. The van der Waals surface area contributed by atoms with Crippen LogP contribution in [0.1, 0.15) is 18.6 Å². The summed E-state index contributed by atoms with van der Waals surface area (Å²) >= 11 is 12.9. The monoisotopic (exact) mass is 646 g/mol. The number of benzene rings is 2. The van der Waals surface area contributed by atoms with Crippen molar-refractivity contribution >= 4 is 75.1 Å². The minimum absolute atomic E-state index is 0.0306. The van der Waals surface area contributed by atoms with Crippen molar-refractivity contribution in [1.29, 1.82) is 0 Å². The van der Waals surface area contributed by atoms with E-state index < -0.39 is 9.85 Å². The average molecular weight is 650 g/mol. The molecule has 28 heavy (non-hydrogen) atoms. The smallest absolute Gasteiger partial charge is 0.278 e. The van der Waals surface area contributed by atoms with Gasteiger partial charge in [0.1, 0.15) is 19.0 Å². The molecular weight excluding hydrogens is 636 g/mol. The third-order valence-electron chi connectivity index (χ3n) is 3.34. The summed E-state index contributed by atoms with van der Waals surface area (Å²) in [5.41, 5.74) is 1.19. The molecule has 0 spiro atoms. The Labute approximate surface area is 194 Å². The molecule has 0 atom stereocenters. The van der Waals surface area contributed by atoms with E-state index in [0.29, 0.717) is 22.6 Å². The Morgan fingerprint density at radius 1 is 0.750 bits per heavy atom. The average Bonchev–Trinajstić information content (AvgIpc) is 2.67. The van der Waals surface area contributed by atoms with E-state index in [4.69, 9.17) is 9.47 Å². The molecule has 0 amide bonds. The van der Waals surface area contributed by atoms with E-state index in [9.17, 15) is 20.2 Å². The molecular formula is C16H14Br4N2O6. The fourth-order valence-electron chi connectivity index (χ4n) is 1.99. The molecule has 12 heteroatoms. The number of rotatable bonds is 6. The molecule has 2 aromatic rings. The Bertz CT molecular complexity index is 778. The zero-order chi connectivity index (χ0) is 21.4. The first-order valence-corrected chi connectivity index (χ1v) is 11.0. The van der Waals surface area contributed by atoms with Crippen LogP contribution < -0.4 is 9.47 Å². The number of halogens is 4. The normalized spacial score (nSPS) is 10.3. The summed E-state index contributed by atoms with van der Waals surface area (Å²) in [5, 5.41) is 21.4. The van der Waals surface area contributed by atoms with Crippen molar-refractivity contribution in [2.45, 2.75) is 7.47 Å². The van der Waals surface area contributed by atoms with Gasteiger partial charge in [-0.3, -0.25) is 20.2 Å². The van der Waals surface area contributed by atoms with Gasteiger partial charge in [0.2, 0.25) is 0 Å².